The lowest BCUT2D eigenvalue weighted by atomic mass is 9.80. The van der Waals surface area contributed by atoms with Crippen LogP contribution < -0.4 is 5.32 Å². The van der Waals surface area contributed by atoms with E-state index in [-0.39, 0.29) is 35.0 Å². The monoisotopic (exact) mass is 302 g/mol. The van der Waals surface area contributed by atoms with Crippen LogP contribution in [0, 0.1) is 11.3 Å². The zero-order valence-corrected chi connectivity index (χ0v) is 12.8. The van der Waals surface area contributed by atoms with Gasteiger partial charge in [-0.1, -0.05) is 13.8 Å². The smallest absolute Gasteiger partial charge is 0.318 e. The number of hydrogen-bond acceptors (Lipinski definition) is 4. The Bertz CT molecular complexity index is 516. The Balaban J connectivity index is 1.66. The molecule has 1 unspecified atom stereocenters. The topological polar surface area (TPSA) is 75.7 Å². The van der Waals surface area contributed by atoms with Crippen LogP contribution in [0.15, 0.2) is 0 Å². The molecule has 3 heterocycles. The van der Waals surface area contributed by atoms with E-state index in [1.807, 2.05) is 4.90 Å². The molecule has 1 N–H and O–H groups in total. The standard InChI is InChI=1S/C13H22N2O4S/c1-13(2)8-15(11-6-19-5-10(11)13)12(16)14-9-3-4-20(17,18)7-9/h9-11H,3-8H2,1-2H3,(H,14,16)/t9?,10-,11+/m0/s1. The largest absolute Gasteiger partial charge is 0.379 e. The van der Waals surface area contributed by atoms with Crippen molar-refractivity contribution in [1.82, 2.24) is 10.2 Å². The van der Waals surface area contributed by atoms with Gasteiger partial charge in [-0.05, 0) is 11.8 Å². The summed E-state index contributed by atoms with van der Waals surface area (Å²) in [6.45, 7) is 6.32. The molecule has 0 aromatic rings. The normalized spacial score (nSPS) is 37.9. The minimum Gasteiger partial charge on any atom is -0.379 e. The minimum absolute atomic E-state index is 0.0558. The third kappa shape index (κ3) is 2.41. The van der Waals surface area contributed by atoms with E-state index in [9.17, 15) is 13.2 Å². The molecule has 0 bridgehead atoms. The molecule has 3 rings (SSSR count). The van der Waals surface area contributed by atoms with Crippen LogP contribution in [0.5, 0.6) is 0 Å². The number of rotatable bonds is 1. The summed E-state index contributed by atoms with van der Waals surface area (Å²) >= 11 is 0. The van der Waals surface area contributed by atoms with Crippen molar-refractivity contribution < 1.29 is 17.9 Å². The van der Waals surface area contributed by atoms with Crippen LogP contribution in [-0.4, -0.2) is 62.7 Å². The lowest BCUT2D eigenvalue weighted by Gasteiger charge is -2.25. The van der Waals surface area contributed by atoms with Crippen LogP contribution >= 0.6 is 0 Å². The molecule has 0 saturated carbocycles. The highest BCUT2D eigenvalue weighted by Crippen LogP contribution is 2.43. The Hall–Kier alpha value is -0.820. The Morgan fingerprint density at radius 2 is 2.10 bits per heavy atom. The molecule has 3 saturated heterocycles. The van der Waals surface area contributed by atoms with E-state index in [4.69, 9.17) is 4.74 Å². The quantitative estimate of drug-likeness (QED) is 0.753. The van der Waals surface area contributed by atoms with Crippen molar-refractivity contribution in [2.45, 2.75) is 32.4 Å². The van der Waals surface area contributed by atoms with Gasteiger partial charge in [0.2, 0.25) is 0 Å². The lowest BCUT2D eigenvalue weighted by molar-refractivity contribution is 0.124. The Labute approximate surface area is 119 Å². The number of nitrogens with zero attached hydrogens (tertiary/aromatic N) is 1. The highest BCUT2D eigenvalue weighted by atomic mass is 32.2. The minimum atomic E-state index is -2.96. The van der Waals surface area contributed by atoms with Crippen molar-refractivity contribution >= 4 is 15.9 Å². The molecule has 7 heteroatoms. The van der Waals surface area contributed by atoms with E-state index in [0.717, 1.165) is 0 Å². The van der Waals surface area contributed by atoms with Gasteiger partial charge in [-0.25, -0.2) is 13.2 Å². The van der Waals surface area contributed by atoms with Crippen LogP contribution in [-0.2, 0) is 14.6 Å². The van der Waals surface area contributed by atoms with Crippen molar-refractivity contribution in [1.29, 1.82) is 0 Å². The summed E-state index contributed by atoms with van der Waals surface area (Å²) in [5.41, 5.74) is 0.0558. The number of hydrogen-bond donors (Lipinski definition) is 1. The number of sulfone groups is 1. The summed E-state index contributed by atoms with van der Waals surface area (Å²) < 4.78 is 28.4. The van der Waals surface area contributed by atoms with Gasteiger partial charge in [0.05, 0.1) is 30.8 Å². The third-order valence-electron chi connectivity index (χ3n) is 4.85. The molecule has 0 aliphatic carbocycles. The molecule has 3 fully saturated rings. The third-order valence-corrected chi connectivity index (χ3v) is 6.62. The zero-order valence-electron chi connectivity index (χ0n) is 12.0. The second-order valence-electron chi connectivity index (χ2n) is 6.88. The predicted molar refractivity (Wildman–Crippen MR) is 74.2 cm³/mol. The van der Waals surface area contributed by atoms with E-state index in [2.05, 4.69) is 19.2 Å². The molecule has 6 nitrogen and oxygen atoms in total. The van der Waals surface area contributed by atoms with Gasteiger partial charge in [0.25, 0.3) is 0 Å². The van der Waals surface area contributed by atoms with Gasteiger partial charge in [0, 0.05) is 18.5 Å². The molecule has 20 heavy (non-hydrogen) atoms. The number of urea groups is 1. The van der Waals surface area contributed by atoms with Gasteiger partial charge in [0.1, 0.15) is 0 Å². The maximum atomic E-state index is 12.4. The van der Waals surface area contributed by atoms with Crippen molar-refractivity contribution in [3.8, 4) is 0 Å². The first kappa shape index (κ1) is 14.1. The Morgan fingerprint density at radius 3 is 2.75 bits per heavy atom. The number of likely N-dealkylation sites (tertiary alicyclic amines) is 1. The Morgan fingerprint density at radius 1 is 1.35 bits per heavy atom. The molecule has 3 aliphatic rings. The molecule has 3 aliphatic heterocycles. The summed E-state index contributed by atoms with van der Waals surface area (Å²) in [7, 11) is -2.96. The van der Waals surface area contributed by atoms with Crippen molar-refractivity contribution in [3.05, 3.63) is 0 Å². The zero-order chi connectivity index (χ0) is 14.5. The van der Waals surface area contributed by atoms with Crippen LogP contribution in [0.25, 0.3) is 0 Å². The van der Waals surface area contributed by atoms with Crippen LogP contribution in [0.3, 0.4) is 0 Å². The summed E-state index contributed by atoms with van der Waals surface area (Å²) in [5.74, 6) is 0.625. The van der Waals surface area contributed by atoms with Gasteiger partial charge in [-0.3, -0.25) is 0 Å². The number of carbonyl (C=O) groups excluding carboxylic acids is 1. The SMILES string of the molecule is CC1(C)CN(C(=O)NC2CCS(=O)(=O)C2)[C@@H]2COC[C@@H]21. The highest BCUT2D eigenvalue weighted by molar-refractivity contribution is 7.91. The average Bonchev–Trinajstić information content (AvgIpc) is 2.97. The first-order chi connectivity index (χ1) is 9.28. The summed E-state index contributed by atoms with van der Waals surface area (Å²) in [6, 6.07) is -0.252. The molecule has 0 radical (unpaired) electrons. The number of ether oxygens (including phenoxy) is 1. The molecule has 114 valence electrons. The van der Waals surface area contributed by atoms with E-state index in [0.29, 0.717) is 32.1 Å². The van der Waals surface area contributed by atoms with E-state index in [1.165, 1.54) is 0 Å². The first-order valence-electron chi connectivity index (χ1n) is 7.14. The van der Waals surface area contributed by atoms with Crippen molar-refractivity contribution in [3.63, 3.8) is 0 Å². The molecule has 0 aromatic carbocycles. The second-order valence-corrected chi connectivity index (χ2v) is 9.11. The molecule has 3 atom stereocenters. The Kier molecular flexibility index (Phi) is 3.25. The molecular weight excluding hydrogens is 280 g/mol. The summed E-state index contributed by atoms with van der Waals surface area (Å²) in [5, 5.41) is 2.88. The van der Waals surface area contributed by atoms with Gasteiger partial charge >= 0.3 is 6.03 Å². The lowest BCUT2D eigenvalue weighted by Crippen LogP contribution is -2.48. The van der Waals surface area contributed by atoms with Gasteiger partial charge < -0.3 is 15.0 Å². The maximum absolute atomic E-state index is 12.4. The predicted octanol–water partition coefficient (Wildman–Crippen LogP) is 0.240. The van der Waals surface area contributed by atoms with Gasteiger partial charge in [-0.15, -0.1) is 0 Å². The summed E-state index contributed by atoms with van der Waals surface area (Å²) in [6.07, 6.45) is 0.524. The first-order valence-corrected chi connectivity index (χ1v) is 8.96. The number of fused-ring (bicyclic) bond motifs is 1. The molecule has 0 aromatic heterocycles. The average molecular weight is 302 g/mol. The molecule has 0 spiro atoms. The molecular formula is C13H22N2O4S. The van der Waals surface area contributed by atoms with Crippen LogP contribution in [0.1, 0.15) is 20.3 Å². The van der Waals surface area contributed by atoms with Crippen molar-refractivity contribution in [2.75, 3.05) is 31.3 Å². The van der Waals surface area contributed by atoms with E-state index >= 15 is 0 Å². The summed E-state index contributed by atoms with van der Waals surface area (Å²) in [4.78, 5) is 14.2. The second kappa shape index (κ2) is 4.59. The number of amides is 2. The van der Waals surface area contributed by atoms with E-state index in [1.54, 1.807) is 0 Å². The van der Waals surface area contributed by atoms with Crippen molar-refractivity contribution in [2.24, 2.45) is 11.3 Å². The van der Waals surface area contributed by atoms with Crippen LogP contribution in [0.2, 0.25) is 0 Å². The van der Waals surface area contributed by atoms with E-state index < -0.39 is 9.84 Å². The fourth-order valence-corrected chi connectivity index (χ4v) is 5.33. The highest BCUT2D eigenvalue weighted by Gasteiger charge is 2.51. The van der Waals surface area contributed by atoms with Gasteiger partial charge in [-0.2, -0.15) is 0 Å². The fraction of sp³-hybridized carbons (Fsp3) is 0.923. The molecule has 2 amide bonds. The number of nitrogens with one attached hydrogen (secondary N) is 1. The number of carbonyl (C=O) groups is 1. The van der Waals surface area contributed by atoms with Gasteiger partial charge in [0.15, 0.2) is 9.84 Å². The maximum Gasteiger partial charge on any atom is 0.318 e. The van der Waals surface area contributed by atoms with Crippen LogP contribution in [0.4, 0.5) is 4.79 Å². The fourth-order valence-electron chi connectivity index (χ4n) is 3.66.